The lowest BCUT2D eigenvalue weighted by molar-refractivity contribution is -0.396. The molecule has 8 rings (SSSR count). The summed E-state index contributed by atoms with van der Waals surface area (Å²) >= 11 is 0. The van der Waals surface area contributed by atoms with Crippen molar-refractivity contribution in [1.29, 1.82) is 0 Å². The van der Waals surface area contributed by atoms with Gasteiger partial charge >= 0.3 is 5.97 Å². The number of aliphatic hydroxyl groups excluding tert-OH is 10. The number of methoxy groups -OCH3 is 1. The van der Waals surface area contributed by atoms with Crippen molar-refractivity contribution in [2.24, 2.45) is 50.2 Å². The Kier molecular flexibility index (Phi) is 14.1. The molecule has 0 amide bonds. The third-order valence-corrected chi connectivity index (χ3v) is 19.7. The summed E-state index contributed by atoms with van der Waals surface area (Å²) in [6, 6.07) is 0. The number of carbonyl (C=O) groups is 1. The molecular weight excluding hydrogens is 877 g/mol. The number of rotatable bonds is 9. The zero-order valence-electron chi connectivity index (χ0n) is 40.6. The van der Waals surface area contributed by atoms with Crippen LogP contribution in [0.4, 0.5) is 0 Å². The zero-order valence-corrected chi connectivity index (χ0v) is 40.6. The summed E-state index contributed by atoms with van der Waals surface area (Å²) in [5.41, 5.74) is 0.0428. The van der Waals surface area contributed by atoms with Crippen molar-refractivity contribution in [3.05, 3.63) is 11.6 Å². The third kappa shape index (κ3) is 8.11. The summed E-state index contributed by atoms with van der Waals surface area (Å²) in [6.07, 6.45) is -16.6. The smallest absolute Gasteiger partial charge is 0.337 e. The van der Waals surface area contributed by atoms with Gasteiger partial charge in [-0.25, -0.2) is 4.79 Å². The first-order valence-corrected chi connectivity index (χ1v) is 24.6. The van der Waals surface area contributed by atoms with Crippen LogP contribution < -0.4 is 0 Å². The predicted molar refractivity (Wildman–Crippen MR) is 235 cm³/mol. The Balaban J connectivity index is 1.08. The SMILES string of the molecule is COC(=O)[C@H]1O[C@@H](O[C@H]2CC[C@@]3(C)[C@@H](CC[C@]4(C)[C@@H]3CC=C3[C@@H]5CC(C)(C)C[C@@H](O)[C@]5(C)CC[C@]34C)[C@@]2(C)CO)[C@H](O[C@@H]2O[C@H](CO)[C@@H](O)[C@H](O)[C@H]2O[C@@H]2O[C@@H](C)[C@H](O)[C@@H](O)[C@H]2O)[C@@H](O)[C@@H]1O. The molecule has 18 heteroatoms. The van der Waals surface area contributed by atoms with Crippen molar-refractivity contribution in [2.75, 3.05) is 20.3 Å². The van der Waals surface area contributed by atoms with E-state index in [2.05, 4.69) is 47.6 Å². The van der Waals surface area contributed by atoms with E-state index in [1.54, 1.807) is 0 Å². The summed E-state index contributed by atoms with van der Waals surface area (Å²) in [5, 5.41) is 110. The van der Waals surface area contributed by atoms with Gasteiger partial charge in [0.1, 0.15) is 61.0 Å². The molecule has 0 radical (unpaired) electrons. The van der Waals surface area contributed by atoms with E-state index in [4.69, 9.17) is 33.2 Å². The molecule has 7 fully saturated rings. The molecule has 5 aliphatic carbocycles. The molecule has 0 aromatic heterocycles. The molecule has 18 nitrogen and oxygen atoms in total. The van der Waals surface area contributed by atoms with E-state index in [-0.39, 0.29) is 57.5 Å². The van der Waals surface area contributed by atoms with Gasteiger partial charge in [0.05, 0.1) is 38.6 Å². The van der Waals surface area contributed by atoms with Gasteiger partial charge in [0, 0.05) is 10.8 Å². The van der Waals surface area contributed by atoms with Crippen molar-refractivity contribution < 1.29 is 89.0 Å². The number of esters is 1. The van der Waals surface area contributed by atoms with Gasteiger partial charge in [-0.3, -0.25) is 0 Å². The fourth-order valence-electron chi connectivity index (χ4n) is 15.2. The molecular formula is C49H80O18. The van der Waals surface area contributed by atoms with Crippen molar-refractivity contribution in [2.45, 2.75) is 218 Å². The van der Waals surface area contributed by atoms with Crippen LogP contribution in [-0.4, -0.2) is 182 Å². The maximum Gasteiger partial charge on any atom is 0.337 e. The first kappa shape index (κ1) is 51.9. The fraction of sp³-hybridized carbons (Fsp3) is 0.939. The van der Waals surface area contributed by atoms with Crippen LogP contribution in [0.2, 0.25) is 0 Å². The minimum atomic E-state index is -1.95. The molecule has 3 heterocycles. The Labute approximate surface area is 393 Å². The first-order chi connectivity index (χ1) is 31.3. The van der Waals surface area contributed by atoms with Crippen LogP contribution in [0.15, 0.2) is 11.6 Å². The summed E-state index contributed by atoms with van der Waals surface area (Å²) in [6.45, 7) is 16.5. The Morgan fingerprint density at radius 3 is 1.96 bits per heavy atom. The van der Waals surface area contributed by atoms with Crippen LogP contribution in [0, 0.1) is 50.2 Å². The standard InChI is InChI=1S/C49H80O18/c1-22-30(53)32(55)36(59)41(62-22)66-38-33(56)31(54)25(20-50)63-42(38)67-39-35(58)34(57)37(40(60)61-9)65-43(39)64-29-13-14-46(5)26(47(29,6)21-51)12-15-49(8)27(46)11-10-23-24-18-44(2,3)19-28(52)45(24,4)16-17-48(23,49)7/h10,22,24-39,41-43,50-59H,11-21H2,1-9H3/t22-,24-,25+,26+,27+,28+,29-,30-,31+,32+,33-,34-,35-,36+,37-,38+,39+,41-,42-,43+,45+,46-,47+,48+,49+/m0/s1. The van der Waals surface area contributed by atoms with Gasteiger partial charge in [-0.1, -0.05) is 60.1 Å². The Bertz CT molecular complexity index is 1830. The normalized spacial score (nSPS) is 55.2. The highest BCUT2D eigenvalue weighted by Gasteiger charge is 2.70. The largest absolute Gasteiger partial charge is 0.467 e. The minimum Gasteiger partial charge on any atom is -0.467 e. The average molecular weight is 957 g/mol. The molecule has 384 valence electrons. The number of allylic oxidation sites excluding steroid dienone is 2. The fourth-order valence-corrected chi connectivity index (χ4v) is 15.2. The molecule has 3 aliphatic heterocycles. The molecule has 0 aromatic rings. The molecule has 25 atom stereocenters. The van der Waals surface area contributed by atoms with Crippen molar-refractivity contribution >= 4 is 5.97 Å². The number of hydrogen-bond donors (Lipinski definition) is 10. The molecule has 4 saturated carbocycles. The Morgan fingerprint density at radius 2 is 1.31 bits per heavy atom. The van der Waals surface area contributed by atoms with Crippen LogP contribution in [0.1, 0.15) is 113 Å². The van der Waals surface area contributed by atoms with Crippen LogP contribution in [0.25, 0.3) is 0 Å². The van der Waals surface area contributed by atoms with E-state index < -0.39 is 116 Å². The number of hydrogen-bond acceptors (Lipinski definition) is 18. The summed E-state index contributed by atoms with van der Waals surface area (Å²) < 4.78 is 41.6. The van der Waals surface area contributed by atoms with Gasteiger partial charge in [-0.05, 0) is 104 Å². The third-order valence-electron chi connectivity index (χ3n) is 19.7. The first-order valence-electron chi connectivity index (χ1n) is 24.6. The maximum absolute atomic E-state index is 13.1. The topological polar surface area (TPSA) is 284 Å². The van der Waals surface area contributed by atoms with Gasteiger partial charge < -0.3 is 84.2 Å². The van der Waals surface area contributed by atoms with E-state index in [1.165, 1.54) is 12.5 Å². The number of aliphatic hydroxyl groups is 10. The van der Waals surface area contributed by atoms with E-state index in [0.29, 0.717) is 12.8 Å². The quantitative estimate of drug-likeness (QED) is 0.0869. The molecule has 3 saturated heterocycles. The highest BCUT2D eigenvalue weighted by Crippen LogP contribution is 2.76. The second kappa shape index (κ2) is 18.3. The summed E-state index contributed by atoms with van der Waals surface area (Å²) in [7, 11) is 1.10. The average Bonchev–Trinajstić information content (AvgIpc) is 3.28. The van der Waals surface area contributed by atoms with Crippen molar-refractivity contribution in [1.82, 2.24) is 0 Å². The maximum atomic E-state index is 13.1. The molecule has 67 heavy (non-hydrogen) atoms. The lowest BCUT2D eigenvalue weighted by Crippen LogP contribution is -2.68. The summed E-state index contributed by atoms with van der Waals surface area (Å²) in [4.78, 5) is 13.1. The van der Waals surface area contributed by atoms with Crippen molar-refractivity contribution in [3.63, 3.8) is 0 Å². The van der Waals surface area contributed by atoms with Gasteiger partial charge in [0.15, 0.2) is 25.0 Å². The summed E-state index contributed by atoms with van der Waals surface area (Å²) in [5.74, 6) is -0.520. The number of fused-ring (bicyclic) bond motifs is 7. The number of ether oxygens (including phenoxy) is 7. The number of carbonyl (C=O) groups excluding carboxylic acids is 1. The molecule has 0 bridgehead atoms. The Hall–Kier alpha value is -1.43. The molecule has 0 spiro atoms. The molecule has 10 N–H and O–H groups in total. The van der Waals surface area contributed by atoms with E-state index in [0.717, 1.165) is 52.1 Å². The van der Waals surface area contributed by atoms with Crippen LogP contribution in [0.3, 0.4) is 0 Å². The lowest BCUT2D eigenvalue weighted by Gasteiger charge is -2.72. The Morgan fingerprint density at radius 1 is 0.672 bits per heavy atom. The lowest BCUT2D eigenvalue weighted by atomic mass is 9.33. The molecule has 8 aliphatic rings. The van der Waals surface area contributed by atoms with E-state index in [9.17, 15) is 55.9 Å². The highest BCUT2D eigenvalue weighted by molar-refractivity contribution is 5.75. The van der Waals surface area contributed by atoms with Gasteiger partial charge in [0.25, 0.3) is 0 Å². The van der Waals surface area contributed by atoms with Crippen molar-refractivity contribution in [3.8, 4) is 0 Å². The van der Waals surface area contributed by atoms with Crippen LogP contribution in [-0.2, 0) is 38.0 Å². The predicted octanol–water partition coefficient (Wildman–Crippen LogP) is 0.793. The van der Waals surface area contributed by atoms with Crippen LogP contribution in [0.5, 0.6) is 0 Å². The van der Waals surface area contributed by atoms with E-state index >= 15 is 0 Å². The van der Waals surface area contributed by atoms with Gasteiger partial charge in [-0.2, -0.15) is 0 Å². The van der Waals surface area contributed by atoms with E-state index in [1.807, 2.05) is 6.92 Å². The van der Waals surface area contributed by atoms with Gasteiger partial charge in [0.2, 0.25) is 0 Å². The zero-order chi connectivity index (χ0) is 49.1. The monoisotopic (exact) mass is 957 g/mol. The van der Waals surface area contributed by atoms with Crippen LogP contribution >= 0.6 is 0 Å². The second-order valence-electron chi connectivity index (χ2n) is 23.8. The molecule has 0 unspecified atom stereocenters. The molecule has 0 aromatic carbocycles. The second-order valence-corrected chi connectivity index (χ2v) is 23.8. The van der Waals surface area contributed by atoms with Gasteiger partial charge in [-0.15, -0.1) is 0 Å². The highest BCUT2D eigenvalue weighted by atomic mass is 16.8. The minimum absolute atomic E-state index is 0.0229.